The first-order valence-corrected chi connectivity index (χ1v) is 9.01. The molecule has 7 nitrogen and oxygen atoms in total. The van der Waals surface area contributed by atoms with Crippen LogP contribution in [-0.2, 0) is 9.59 Å². The molecule has 0 aromatic heterocycles. The number of amides is 2. The van der Waals surface area contributed by atoms with Crippen molar-refractivity contribution < 1.29 is 19.1 Å². The zero-order valence-electron chi connectivity index (χ0n) is 16.3. The lowest BCUT2D eigenvalue weighted by molar-refractivity contribution is -0.124. The number of hydrazone groups is 1. The number of carbonyl (C=O) groups is 2. The second kappa shape index (κ2) is 10.7. The van der Waals surface area contributed by atoms with E-state index in [1.54, 1.807) is 25.3 Å². The highest BCUT2D eigenvalue weighted by molar-refractivity contribution is 5.93. The molecule has 148 valence electrons. The predicted molar refractivity (Wildman–Crippen MR) is 109 cm³/mol. The van der Waals surface area contributed by atoms with E-state index in [2.05, 4.69) is 15.8 Å². The van der Waals surface area contributed by atoms with Crippen LogP contribution in [0.1, 0.15) is 30.9 Å². The van der Waals surface area contributed by atoms with Gasteiger partial charge < -0.3 is 14.8 Å². The number of methoxy groups -OCH3 is 1. The van der Waals surface area contributed by atoms with Gasteiger partial charge in [0.05, 0.1) is 19.9 Å². The van der Waals surface area contributed by atoms with Crippen molar-refractivity contribution in [2.24, 2.45) is 5.10 Å². The Morgan fingerprint density at radius 3 is 2.43 bits per heavy atom. The molecule has 2 rings (SSSR count). The predicted octanol–water partition coefficient (Wildman–Crippen LogP) is 3.27. The van der Waals surface area contributed by atoms with Crippen LogP contribution in [0.15, 0.2) is 47.6 Å². The molecule has 0 unspecified atom stereocenters. The van der Waals surface area contributed by atoms with Gasteiger partial charge in [0.25, 0.3) is 0 Å². The zero-order chi connectivity index (χ0) is 20.4. The Kier molecular flexibility index (Phi) is 8.02. The van der Waals surface area contributed by atoms with Gasteiger partial charge in [-0.25, -0.2) is 5.43 Å². The van der Waals surface area contributed by atoms with E-state index >= 15 is 0 Å². The lowest BCUT2D eigenvalue weighted by Gasteiger charge is -2.09. The Morgan fingerprint density at radius 1 is 1.04 bits per heavy atom. The van der Waals surface area contributed by atoms with Gasteiger partial charge in [0.1, 0.15) is 0 Å². The normalized spacial score (nSPS) is 10.5. The van der Waals surface area contributed by atoms with Gasteiger partial charge in [0, 0.05) is 18.5 Å². The maximum absolute atomic E-state index is 11.9. The van der Waals surface area contributed by atoms with Crippen molar-refractivity contribution in [1.29, 1.82) is 0 Å². The summed E-state index contributed by atoms with van der Waals surface area (Å²) in [5.41, 5.74) is 4.98. The van der Waals surface area contributed by atoms with E-state index in [1.807, 2.05) is 38.1 Å². The van der Waals surface area contributed by atoms with E-state index in [4.69, 9.17) is 9.47 Å². The molecule has 0 saturated carbocycles. The Labute approximate surface area is 164 Å². The van der Waals surface area contributed by atoms with Crippen LogP contribution in [0.3, 0.4) is 0 Å². The smallest absolute Gasteiger partial charge is 0.240 e. The van der Waals surface area contributed by atoms with Gasteiger partial charge in [0.15, 0.2) is 11.5 Å². The minimum absolute atomic E-state index is 0.0433. The Bertz CT molecular complexity index is 832. The van der Waals surface area contributed by atoms with Crippen LogP contribution in [0.5, 0.6) is 11.5 Å². The number of ether oxygens (including phenoxy) is 2. The summed E-state index contributed by atoms with van der Waals surface area (Å²) in [6.45, 7) is 4.41. The van der Waals surface area contributed by atoms with Gasteiger partial charge in [-0.2, -0.15) is 5.10 Å². The number of hydrogen-bond acceptors (Lipinski definition) is 5. The van der Waals surface area contributed by atoms with E-state index in [1.165, 1.54) is 6.21 Å². The van der Waals surface area contributed by atoms with Crippen molar-refractivity contribution >= 4 is 23.7 Å². The summed E-state index contributed by atoms with van der Waals surface area (Å²) in [5.74, 6) is 0.670. The molecule has 0 radical (unpaired) electrons. The standard InChI is InChI=1S/C21H25N3O4/c1-4-28-18-10-7-16(13-19(18)27-3)14-22-24-21(26)12-11-20(25)23-17-8-5-15(2)6-9-17/h5-10,13-14H,4,11-12H2,1-3H3,(H,23,25)(H,24,26). The Hall–Kier alpha value is -3.35. The van der Waals surface area contributed by atoms with E-state index in [9.17, 15) is 9.59 Å². The summed E-state index contributed by atoms with van der Waals surface area (Å²) in [5, 5.41) is 6.66. The monoisotopic (exact) mass is 383 g/mol. The molecule has 2 aromatic rings. The fraction of sp³-hybridized carbons (Fsp3) is 0.286. The zero-order valence-corrected chi connectivity index (χ0v) is 16.3. The van der Waals surface area contributed by atoms with Gasteiger partial charge in [0.2, 0.25) is 11.8 Å². The molecule has 0 atom stereocenters. The first kappa shape index (κ1) is 21.0. The van der Waals surface area contributed by atoms with Crippen LogP contribution in [0.25, 0.3) is 0 Å². The number of carbonyl (C=O) groups excluding carboxylic acids is 2. The quantitative estimate of drug-likeness (QED) is 0.514. The molecular formula is C21H25N3O4. The molecular weight excluding hydrogens is 358 g/mol. The van der Waals surface area contributed by atoms with Gasteiger partial charge in [-0.1, -0.05) is 17.7 Å². The number of benzene rings is 2. The molecule has 2 aromatic carbocycles. The highest BCUT2D eigenvalue weighted by Crippen LogP contribution is 2.27. The number of hydrogen-bond donors (Lipinski definition) is 2. The third-order valence-corrected chi connectivity index (χ3v) is 3.80. The average molecular weight is 383 g/mol. The van der Waals surface area contributed by atoms with E-state index in [0.29, 0.717) is 23.8 Å². The topological polar surface area (TPSA) is 89.0 Å². The number of anilines is 1. The molecule has 0 aliphatic carbocycles. The fourth-order valence-corrected chi connectivity index (χ4v) is 2.36. The number of rotatable bonds is 9. The fourth-order valence-electron chi connectivity index (χ4n) is 2.36. The summed E-state index contributed by atoms with van der Waals surface area (Å²) in [6, 6.07) is 12.8. The van der Waals surface area contributed by atoms with Crippen LogP contribution >= 0.6 is 0 Å². The molecule has 0 aliphatic heterocycles. The highest BCUT2D eigenvalue weighted by atomic mass is 16.5. The van der Waals surface area contributed by atoms with Gasteiger partial charge in [-0.05, 0) is 49.7 Å². The minimum atomic E-state index is -0.340. The van der Waals surface area contributed by atoms with E-state index in [0.717, 1.165) is 11.1 Å². The Morgan fingerprint density at radius 2 is 1.75 bits per heavy atom. The van der Waals surface area contributed by atoms with Crippen LogP contribution in [-0.4, -0.2) is 31.7 Å². The molecule has 0 heterocycles. The molecule has 2 N–H and O–H groups in total. The average Bonchev–Trinajstić information content (AvgIpc) is 2.69. The van der Waals surface area contributed by atoms with Crippen molar-refractivity contribution in [3.05, 3.63) is 53.6 Å². The van der Waals surface area contributed by atoms with Crippen molar-refractivity contribution in [1.82, 2.24) is 5.43 Å². The van der Waals surface area contributed by atoms with E-state index < -0.39 is 0 Å². The SMILES string of the molecule is CCOc1ccc(C=NNC(=O)CCC(=O)Nc2ccc(C)cc2)cc1OC. The van der Waals surface area contributed by atoms with Crippen molar-refractivity contribution in [2.75, 3.05) is 19.0 Å². The second-order valence-corrected chi connectivity index (χ2v) is 6.05. The molecule has 0 aliphatic rings. The molecule has 0 saturated heterocycles. The minimum Gasteiger partial charge on any atom is -0.493 e. The van der Waals surface area contributed by atoms with Crippen molar-refractivity contribution in [2.45, 2.75) is 26.7 Å². The second-order valence-electron chi connectivity index (χ2n) is 6.05. The maximum atomic E-state index is 11.9. The third kappa shape index (κ3) is 6.75. The summed E-state index contributed by atoms with van der Waals surface area (Å²) in [4.78, 5) is 23.7. The van der Waals surface area contributed by atoms with Crippen molar-refractivity contribution in [3.63, 3.8) is 0 Å². The summed E-state index contributed by atoms with van der Waals surface area (Å²) in [6.07, 6.45) is 1.62. The lowest BCUT2D eigenvalue weighted by atomic mass is 10.2. The molecule has 0 fully saturated rings. The molecule has 2 amide bonds. The number of nitrogens with one attached hydrogen (secondary N) is 2. The van der Waals surface area contributed by atoms with E-state index in [-0.39, 0.29) is 24.7 Å². The molecule has 7 heteroatoms. The molecule has 28 heavy (non-hydrogen) atoms. The van der Waals surface area contributed by atoms with Crippen molar-refractivity contribution in [3.8, 4) is 11.5 Å². The third-order valence-electron chi connectivity index (χ3n) is 3.80. The summed E-state index contributed by atoms with van der Waals surface area (Å²) in [7, 11) is 1.56. The maximum Gasteiger partial charge on any atom is 0.240 e. The van der Waals surface area contributed by atoms with Gasteiger partial charge >= 0.3 is 0 Å². The van der Waals surface area contributed by atoms with Crippen LogP contribution < -0.4 is 20.2 Å². The summed E-state index contributed by atoms with van der Waals surface area (Å²) < 4.78 is 10.7. The van der Waals surface area contributed by atoms with Gasteiger partial charge in [-0.15, -0.1) is 0 Å². The highest BCUT2D eigenvalue weighted by Gasteiger charge is 2.07. The first-order chi connectivity index (χ1) is 13.5. The number of nitrogens with zero attached hydrogens (tertiary/aromatic N) is 1. The number of aryl methyl sites for hydroxylation is 1. The largest absolute Gasteiger partial charge is 0.493 e. The van der Waals surface area contributed by atoms with Gasteiger partial charge in [-0.3, -0.25) is 9.59 Å². The molecule has 0 spiro atoms. The van der Waals surface area contributed by atoms with Crippen LogP contribution in [0.2, 0.25) is 0 Å². The molecule has 0 bridgehead atoms. The lowest BCUT2D eigenvalue weighted by Crippen LogP contribution is -2.20. The first-order valence-electron chi connectivity index (χ1n) is 9.01. The van der Waals surface area contributed by atoms with Crippen LogP contribution in [0.4, 0.5) is 5.69 Å². The Balaban J connectivity index is 1.78. The summed E-state index contributed by atoms with van der Waals surface area (Å²) >= 11 is 0. The van der Waals surface area contributed by atoms with Crippen LogP contribution in [0, 0.1) is 6.92 Å².